The van der Waals surface area contributed by atoms with Crippen molar-refractivity contribution in [3.05, 3.63) is 77.4 Å². The number of hydrogen-bond acceptors (Lipinski definition) is 5. The highest BCUT2D eigenvalue weighted by atomic mass is 32.2. The lowest BCUT2D eigenvalue weighted by atomic mass is 10.1. The summed E-state index contributed by atoms with van der Waals surface area (Å²) < 4.78 is 15.2. The predicted octanol–water partition coefficient (Wildman–Crippen LogP) is 4.25. The number of thioether (sulfide) groups is 1. The Morgan fingerprint density at radius 1 is 1.00 bits per heavy atom. The summed E-state index contributed by atoms with van der Waals surface area (Å²) in [4.78, 5) is 15.1. The Morgan fingerprint density at radius 3 is 2.45 bits per heavy atom. The third-order valence-electron chi connectivity index (χ3n) is 5.82. The van der Waals surface area contributed by atoms with E-state index >= 15 is 0 Å². The van der Waals surface area contributed by atoms with Crippen molar-refractivity contribution in [2.45, 2.75) is 56.2 Å². The van der Waals surface area contributed by atoms with Gasteiger partial charge >= 0.3 is 0 Å². The molecule has 1 fully saturated rings. The van der Waals surface area contributed by atoms with Gasteiger partial charge in [-0.3, -0.25) is 9.69 Å². The lowest BCUT2D eigenvalue weighted by Gasteiger charge is -2.26. The van der Waals surface area contributed by atoms with E-state index < -0.39 is 0 Å². The minimum atomic E-state index is -0.341. The van der Waals surface area contributed by atoms with Gasteiger partial charge in [-0.25, -0.2) is 4.39 Å². The third kappa shape index (κ3) is 6.65. The molecule has 0 spiro atoms. The summed E-state index contributed by atoms with van der Waals surface area (Å²) >= 11 is 1.42. The monoisotopic (exact) mass is 467 g/mol. The van der Waals surface area contributed by atoms with E-state index in [0.29, 0.717) is 13.1 Å². The van der Waals surface area contributed by atoms with Gasteiger partial charge in [-0.2, -0.15) is 0 Å². The highest BCUT2D eigenvalue weighted by Crippen LogP contribution is 2.25. The molecule has 1 amide bonds. The molecule has 8 heteroatoms. The second kappa shape index (κ2) is 11.4. The number of aromatic nitrogens is 3. The molecule has 1 aromatic heterocycles. The summed E-state index contributed by atoms with van der Waals surface area (Å²) in [5.41, 5.74) is 2.03. The van der Waals surface area contributed by atoms with Gasteiger partial charge in [0, 0.05) is 6.54 Å². The molecule has 1 aliphatic rings. The second-order valence-corrected chi connectivity index (χ2v) is 9.72. The van der Waals surface area contributed by atoms with Gasteiger partial charge in [-0.05, 0) is 56.1 Å². The molecule has 2 aromatic carbocycles. The zero-order valence-electron chi connectivity index (χ0n) is 18.9. The maximum atomic E-state index is 13.1. The van der Waals surface area contributed by atoms with Crippen molar-refractivity contribution in [2.24, 2.45) is 0 Å². The molecular formula is C25H30FN5OS. The molecule has 174 valence electrons. The lowest BCUT2D eigenvalue weighted by molar-refractivity contribution is -0.120. The van der Waals surface area contributed by atoms with Crippen molar-refractivity contribution in [2.75, 3.05) is 13.1 Å². The van der Waals surface area contributed by atoms with Gasteiger partial charge in [-0.15, -0.1) is 10.2 Å². The standard InChI is InChI=1S/C25H30FN5OS/c1-19(24(32)27-16-20-10-12-22(26)13-11-20)33-25-29-28-23(18-30-14-6-3-7-15-30)31(25)17-21-8-4-2-5-9-21/h2,4-5,8-13,19H,3,6-7,14-18H2,1H3,(H,27,32). The van der Waals surface area contributed by atoms with Gasteiger partial charge in [0.15, 0.2) is 5.16 Å². The highest BCUT2D eigenvalue weighted by molar-refractivity contribution is 8.00. The zero-order valence-corrected chi connectivity index (χ0v) is 19.7. The Hall–Kier alpha value is -2.71. The summed E-state index contributed by atoms with van der Waals surface area (Å²) in [5, 5.41) is 12.3. The Labute approximate surface area is 198 Å². The van der Waals surface area contributed by atoms with Crippen LogP contribution in [0.2, 0.25) is 0 Å². The average molecular weight is 468 g/mol. The first-order valence-electron chi connectivity index (χ1n) is 11.5. The molecular weight excluding hydrogens is 437 g/mol. The number of piperidine rings is 1. The fourth-order valence-corrected chi connectivity index (χ4v) is 4.80. The molecule has 1 saturated heterocycles. The van der Waals surface area contributed by atoms with Crippen molar-refractivity contribution in [3.63, 3.8) is 0 Å². The van der Waals surface area contributed by atoms with Crippen LogP contribution in [0.25, 0.3) is 0 Å². The zero-order chi connectivity index (χ0) is 23.0. The number of amides is 1. The van der Waals surface area contributed by atoms with E-state index in [1.807, 2.05) is 25.1 Å². The van der Waals surface area contributed by atoms with Gasteiger partial charge in [-0.1, -0.05) is 60.6 Å². The van der Waals surface area contributed by atoms with Gasteiger partial charge in [0.1, 0.15) is 11.6 Å². The number of nitrogens with zero attached hydrogens (tertiary/aromatic N) is 4. The number of halogens is 1. The first-order chi connectivity index (χ1) is 16.1. The van der Waals surface area contributed by atoms with E-state index in [9.17, 15) is 9.18 Å². The number of carbonyl (C=O) groups excluding carboxylic acids is 1. The summed E-state index contributed by atoms with van der Waals surface area (Å²) in [6.07, 6.45) is 3.73. The van der Waals surface area contributed by atoms with Gasteiger partial charge in [0.2, 0.25) is 5.91 Å². The molecule has 2 heterocycles. The molecule has 4 rings (SSSR count). The van der Waals surface area contributed by atoms with Gasteiger partial charge in [0.05, 0.1) is 18.3 Å². The van der Waals surface area contributed by atoms with Crippen molar-refractivity contribution >= 4 is 17.7 Å². The molecule has 1 N–H and O–H groups in total. The van der Waals surface area contributed by atoms with Crippen LogP contribution in [0.4, 0.5) is 4.39 Å². The number of hydrogen-bond donors (Lipinski definition) is 1. The quantitative estimate of drug-likeness (QED) is 0.477. The van der Waals surface area contributed by atoms with Gasteiger partial charge in [0.25, 0.3) is 0 Å². The van der Waals surface area contributed by atoms with Crippen LogP contribution in [0.3, 0.4) is 0 Å². The molecule has 33 heavy (non-hydrogen) atoms. The number of likely N-dealkylation sites (tertiary alicyclic amines) is 1. The first-order valence-corrected chi connectivity index (χ1v) is 12.3. The van der Waals surface area contributed by atoms with E-state index in [-0.39, 0.29) is 17.0 Å². The minimum absolute atomic E-state index is 0.0869. The summed E-state index contributed by atoms with van der Waals surface area (Å²) in [6.45, 7) is 5.85. The Bertz CT molecular complexity index is 1030. The molecule has 6 nitrogen and oxygen atoms in total. The minimum Gasteiger partial charge on any atom is -0.351 e. The van der Waals surface area contributed by atoms with Crippen LogP contribution in [-0.2, 0) is 24.4 Å². The Morgan fingerprint density at radius 2 is 1.73 bits per heavy atom. The number of benzene rings is 2. The fourth-order valence-electron chi connectivity index (χ4n) is 3.91. The predicted molar refractivity (Wildman–Crippen MR) is 128 cm³/mol. The molecule has 0 aliphatic carbocycles. The first kappa shape index (κ1) is 23.4. The Balaban J connectivity index is 1.44. The van der Waals surface area contributed by atoms with E-state index in [0.717, 1.165) is 36.2 Å². The molecule has 0 saturated carbocycles. The number of nitrogens with one attached hydrogen (secondary N) is 1. The van der Waals surface area contributed by atoms with E-state index in [4.69, 9.17) is 0 Å². The highest BCUT2D eigenvalue weighted by Gasteiger charge is 2.22. The van der Waals surface area contributed by atoms with Crippen LogP contribution in [0.15, 0.2) is 59.8 Å². The summed E-state index contributed by atoms with van der Waals surface area (Å²) in [6, 6.07) is 16.4. The van der Waals surface area contributed by atoms with Crippen LogP contribution >= 0.6 is 11.8 Å². The smallest absolute Gasteiger partial charge is 0.233 e. The van der Waals surface area contributed by atoms with Crippen LogP contribution in [0, 0.1) is 5.82 Å². The molecule has 1 aliphatic heterocycles. The maximum Gasteiger partial charge on any atom is 0.233 e. The molecule has 0 bridgehead atoms. The van der Waals surface area contributed by atoms with Crippen LogP contribution in [0.1, 0.15) is 43.1 Å². The lowest BCUT2D eigenvalue weighted by Crippen LogP contribution is -2.31. The van der Waals surface area contributed by atoms with Crippen LogP contribution in [-0.4, -0.2) is 43.9 Å². The molecule has 1 unspecified atom stereocenters. The molecule has 3 aromatic rings. The van der Waals surface area contributed by atoms with E-state index in [2.05, 4.69) is 37.1 Å². The largest absolute Gasteiger partial charge is 0.351 e. The van der Waals surface area contributed by atoms with Crippen LogP contribution < -0.4 is 5.32 Å². The van der Waals surface area contributed by atoms with Crippen LogP contribution in [0.5, 0.6) is 0 Å². The van der Waals surface area contributed by atoms with Crippen molar-refractivity contribution in [1.82, 2.24) is 25.0 Å². The third-order valence-corrected chi connectivity index (χ3v) is 6.90. The van der Waals surface area contributed by atoms with Crippen molar-refractivity contribution in [3.8, 4) is 0 Å². The summed E-state index contributed by atoms with van der Waals surface area (Å²) in [5.74, 6) is 0.561. The maximum absolute atomic E-state index is 13.1. The fraction of sp³-hybridized carbons (Fsp3) is 0.400. The van der Waals surface area contributed by atoms with Gasteiger partial charge < -0.3 is 9.88 Å². The summed E-state index contributed by atoms with van der Waals surface area (Å²) in [7, 11) is 0. The second-order valence-electron chi connectivity index (χ2n) is 8.41. The van der Waals surface area contributed by atoms with E-state index in [1.165, 1.54) is 48.7 Å². The van der Waals surface area contributed by atoms with E-state index in [1.54, 1.807) is 12.1 Å². The topological polar surface area (TPSA) is 63.1 Å². The normalized spacial score (nSPS) is 15.3. The number of carbonyl (C=O) groups is 1. The van der Waals surface area contributed by atoms with Crippen molar-refractivity contribution in [1.29, 1.82) is 0 Å². The Kier molecular flexibility index (Phi) is 8.12. The molecule has 0 radical (unpaired) electrons. The molecule has 1 atom stereocenters. The van der Waals surface area contributed by atoms with Crippen molar-refractivity contribution < 1.29 is 9.18 Å². The number of rotatable bonds is 9. The SMILES string of the molecule is CC(Sc1nnc(CN2CCCCC2)n1Cc1ccccc1)C(=O)NCc1ccc(F)cc1. The average Bonchev–Trinajstić information content (AvgIpc) is 3.20.